The van der Waals surface area contributed by atoms with Crippen LogP contribution in [0.3, 0.4) is 0 Å². The molecule has 0 bridgehead atoms. The van der Waals surface area contributed by atoms with Crippen LogP contribution in [0.15, 0.2) is 60.7 Å². The van der Waals surface area contributed by atoms with E-state index in [0.29, 0.717) is 17.0 Å². The van der Waals surface area contributed by atoms with E-state index < -0.39 is 0 Å². The van der Waals surface area contributed by atoms with Crippen molar-refractivity contribution in [2.24, 2.45) is 5.92 Å². The predicted molar refractivity (Wildman–Crippen MR) is 148 cm³/mol. The zero-order valence-electron chi connectivity index (χ0n) is 20.6. The van der Waals surface area contributed by atoms with Crippen LogP contribution in [-0.4, -0.2) is 34.7 Å². The Hall–Kier alpha value is -3.19. The van der Waals surface area contributed by atoms with Gasteiger partial charge < -0.3 is 20.4 Å². The average Bonchev–Trinajstić information content (AvgIpc) is 2.88. The first-order valence-electron chi connectivity index (χ1n) is 12.6. The zero-order chi connectivity index (χ0) is 24.2. The second-order valence-corrected chi connectivity index (χ2v) is 10.2. The minimum atomic E-state index is 0.0837. The molecule has 0 amide bonds. The summed E-state index contributed by atoms with van der Waals surface area (Å²) < 4.78 is 0. The zero-order valence-corrected chi connectivity index (χ0v) is 21.4. The highest BCUT2D eigenvalue weighted by Crippen LogP contribution is 2.29. The van der Waals surface area contributed by atoms with E-state index in [1.165, 1.54) is 29.5 Å². The molecule has 0 spiro atoms. The van der Waals surface area contributed by atoms with E-state index in [4.69, 9.17) is 22.2 Å². The number of hydrogen-bond acceptors (Lipinski definition) is 5. The summed E-state index contributed by atoms with van der Waals surface area (Å²) in [7, 11) is 0. The lowest BCUT2D eigenvalue weighted by Crippen LogP contribution is -2.36. The van der Waals surface area contributed by atoms with Crippen LogP contribution >= 0.6 is 12.2 Å². The summed E-state index contributed by atoms with van der Waals surface area (Å²) >= 11 is 5.65. The number of piperidine rings is 1. The summed E-state index contributed by atoms with van der Waals surface area (Å²) in [6.45, 7) is 8.27. The molecule has 0 radical (unpaired) electrons. The number of anilines is 3. The van der Waals surface area contributed by atoms with E-state index in [1.807, 2.05) is 18.2 Å². The Kier molecular flexibility index (Phi) is 7.13. The molecule has 6 nitrogen and oxygen atoms in total. The largest absolute Gasteiger partial charge is 0.356 e. The molecular formula is C28H34N6S. The number of thiocarbonyl (C=S) groups is 1. The highest BCUT2D eigenvalue weighted by Gasteiger charge is 2.23. The number of nitrogens with zero attached hydrogens (tertiary/aromatic N) is 4. The maximum absolute atomic E-state index is 5.65. The lowest BCUT2D eigenvalue weighted by atomic mass is 10.00. The molecule has 2 atom stereocenters. The van der Waals surface area contributed by atoms with Crippen LogP contribution in [0.2, 0.25) is 0 Å². The van der Waals surface area contributed by atoms with Gasteiger partial charge in [-0.2, -0.15) is 9.97 Å². The van der Waals surface area contributed by atoms with Crippen molar-refractivity contribution in [1.29, 1.82) is 0 Å². The van der Waals surface area contributed by atoms with Gasteiger partial charge in [0.05, 0.1) is 6.04 Å². The lowest BCUT2D eigenvalue weighted by molar-refractivity contribution is 0.444. The highest BCUT2D eigenvalue weighted by atomic mass is 32.1. The molecule has 2 N–H and O–H groups in total. The molecule has 3 heterocycles. The molecule has 2 aliphatic heterocycles. The molecule has 0 saturated carbocycles. The summed E-state index contributed by atoms with van der Waals surface area (Å²) in [5.74, 6) is 3.13. The van der Waals surface area contributed by atoms with Gasteiger partial charge in [-0.1, -0.05) is 61.5 Å². The van der Waals surface area contributed by atoms with E-state index in [2.05, 4.69) is 76.7 Å². The van der Waals surface area contributed by atoms with Crippen LogP contribution in [-0.2, 0) is 13.0 Å². The van der Waals surface area contributed by atoms with Crippen molar-refractivity contribution < 1.29 is 0 Å². The first kappa shape index (κ1) is 23.5. The second-order valence-electron chi connectivity index (χ2n) is 9.77. The summed E-state index contributed by atoms with van der Waals surface area (Å²) in [5, 5.41) is 7.18. The molecule has 1 aromatic heterocycles. The van der Waals surface area contributed by atoms with Crippen molar-refractivity contribution >= 4 is 34.9 Å². The average molecular weight is 487 g/mol. The lowest BCUT2D eigenvalue weighted by Gasteiger charge is -2.34. The summed E-state index contributed by atoms with van der Waals surface area (Å²) in [4.78, 5) is 14.6. The molecule has 2 aromatic carbocycles. The number of nitrogens with one attached hydrogen (secondary N) is 2. The fraction of sp³-hybridized carbons (Fsp3) is 0.393. The van der Waals surface area contributed by atoms with Crippen molar-refractivity contribution in [3.63, 3.8) is 0 Å². The predicted octanol–water partition coefficient (Wildman–Crippen LogP) is 5.32. The Bertz CT molecular complexity index is 1170. The summed E-state index contributed by atoms with van der Waals surface area (Å²) in [5.41, 5.74) is 3.98. The van der Waals surface area contributed by atoms with Gasteiger partial charge in [-0.3, -0.25) is 0 Å². The van der Waals surface area contributed by atoms with Gasteiger partial charge in [-0.25, -0.2) is 0 Å². The molecule has 2 aliphatic rings. The van der Waals surface area contributed by atoms with Crippen molar-refractivity contribution in [2.45, 2.75) is 45.7 Å². The highest BCUT2D eigenvalue weighted by molar-refractivity contribution is 7.80. The van der Waals surface area contributed by atoms with Crippen LogP contribution < -0.4 is 20.4 Å². The molecule has 35 heavy (non-hydrogen) atoms. The van der Waals surface area contributed by atoms with Crippen molar-refractivity contribution in [3.05, 3.63) is 77.4 Å². The quantitative estimate of drug-likeness (QED) is 0.473. The molecule has 5 rings (SSSR count). The van der Waals surface area contributed by atoms with Crippen molar-refractivity contribution in [2.75, 3.05) is 34.8 Å². The van der Waals surface area contributed by atoms with Crippen molar-refractivity contribution in [3.8, 4) is 0 Å². The molecule has 182 valence electrons. The number of benzene rings is 2. The van der Waals surface area contributed by atoms with Crippen LogP contribution in [0.5, 0.6) is 0 Å². The van der Waals surface area contributed by atoms with E-state index in [9.17, 15) is 0 Å². The SMILES string of the molecule is C[C@@H]1CCCN(c2cc(N3CCc4ccccc4C3)nc(NC(=S)N[C@H](C)c3ccccc3)n2)C1. The second kappa shape index (κ2) is 10.6. The Balaban J connectivity index is 1.38. The fourth-order valence-electron chi connectivity index (χ4n) is 5.05. The molecule has 1 saturated heterocycles. The standard InChI is InChI=1S/C28H34N6S/c1-20-9-8-15-33(18-20)25-17-26(34-16-14-23-12-6-7-13-24(23)19-34)31-27(30-25)32-28(35)29-21(2)22-10-4-3-5-11-22/h3-7,10-13,17,20-21H,8-9,14-16,18-19H2,1-2H3,(H2,29,30,31,32,35)/t20-,21-/m1/s1. The fourth-order valence-corrected chi connectivity index (χ4v) is 5.32. The van der Waals surface area contributed by atoms with Gasteiger partial charge in [0, 0.05) is 32.2 Å². The Morgan fingerprint density at radius 1 is 0.971 bits per heavy atom. The third-order valence-electron chi connectivity index (χ3n) is 7.01. The van der Waals surface area contributed by atoms with Crippen LogP contribution in [0, 0.1) is 5.92 Å². The number of fused-ring (bicyclic) bond motifs is 1. The Morgan fingerprint density at radius 2 is 1.69 bits per heavy atom. The van der Waals surface area contributed by atoms with Gasteiger partial charge in [0.15, 0.2) is 5.11 Å². The van der Waals surface area contributed by atoms with E-state index >= 15 is 0 Å². The topological polar surface area (TPSA) is 56.3 Å². The van der Waals surface area contributed by atoms with E-state index in [0.717, 1.165) is 44.2 Å². The molecular weight excluding hydrogens is 452 g/mol. The first-order chi connectivity index (χ1) is 17.0. The Labute approximate surface area is 213 Å². The molecule has 0 aliphatic carbocycles. The minimum absolute atomic E-state index is 0.0837. The van der Waals surface area contributed by atoms with Crippen LogP contribution in [0.1, 0.15) is 49.4 Å². The normalized spacial score (nSPS) is 18.5. The van der Waals surface area contributed by atoms with Gasteiger partial charge in [0.2, 0.25) is 5.95 Å². The van der Waals surface area contributed by atoms with Crippen LogP contribution in [0.25, 0.3) is 0 Å². The minimum Gasteiger partial charge on any atom is -0.356 e. The maximum Gasteiger partial charge on any atom is 0.232 e. The van der Waals surface area contributed by atoms with E-state index in [-0.39, 0.29) is 6.04 Å². The van der Waals surface area contributed by atoms with E-state index in [1.54, 1.807) is 0 Å². The monoisotopic (exact) mass is 486 g/mol. The molecule has 0 unspecified atom stereocenters. The van der Waals surface area contributed by atoms with Crippen LogP contribution in [0.4, 0.5) is 17.6 Å². The number of rotatable bonds is 5. The number of aromatic nitrogens is 2. The van der Waals surface area contributed by atoms with Gasteiger partial charge >= 0.3 is 0 Å². The van der Waals surface area contributed by atoms with Gasteiger partial charge in [0.25, 0.3) is 0 Å². The van der Waals surface area contributed by atoms with Gasteiger partial charge in [-0.15, -0.1) is 0 Å². The smallest absolute Gasteiger partial charge is 0.232 e. The number of hydrogen-bond donors (Lipinski definition) is 2. The van der Waals surface area contributed by atoms with Crippen molar-refractivity contribution in [1.82, 2.24) is 15.3 Å². The first-order valence-corrected chi connectivity index (χ1v) is 13.0. The molecule has 7 heteroatoms. The Morgan fingerprint density at radius 3 is 2.46 bits per heavy atom. The third-order valence-corrected chi connectivity index (χ3v) is 7.23. The third kappa shape index (κ3) is 5.73. The summed E-state index contributed by atoms with van der Waals surface area (Å²) in [6.07, 6.45) is 3.48. The van der Waals surface area contributed by atoms with Gasteiger partial charge in [-0.05, 0) is 61.0 Å². The maximum atomic E-state index is 5.65. The summed E-state index contributed by atoms with van der Waals surface area (Å²) in [6, 6.07) is 21.2. The van der Waals surface area contributed by atoms with Gasteiger partial charge in [0.1, 0.15) is 11.6 Å². The molecule has 1 fully saturated rings. The molecule has 3 aromatic rings.